The molecule has 0 fully saturated rings. The SMILES string of the molecule is CCC(CNC(=O)c1c(OC)c(Cl)cc(Cl)c1OC)N(C)C. The summed E-state index contributed by atoms with van der Waals surface area (Å²) in [6.07, 6.45) is 0.915. The van der Waals surface area contributed by atoms with Crippen LogP contribution in [0.3, 0.4) is 0 Å². The van der Waals surface area contributed by atoms with E-state index >= 15 is 0 Å². The number of ether oxygens (including phenoxy) is 2. The molecule has 1 aromatic rings. The highest BCUT2D eigenvalue weighted by Gasteiger charge is 2.24. The molecule has 0 bridgehead atoms. The molecule has 0 saturated heterocycles. The van der Waals surface area contributed by atoms with Crippen molar-refractivity contribution in [2.45, 2.75) is 19.4 Å². The summed E-state index contributed by atoms with van der Waals surface area (Å²) in [5, 5.41) is 3.40. The maximum absolute atomic E-state index is 12.5. The molecule has 1 amide bonds. The number of halogens is 2. The minimum Gasteiger partial charge on any atom is -0.494 e. The molecule has 0 aliphatic carbocycles. The quantitative estimate of drug-likeness (QED) is 0.822. The Morgan fingerprint density at radius 3 is 2.09 bits per heavy atom. The Morgan fingerprint density at radius 1 is 1.23 bits per heavy atom. The van der Waals surface area contributed by atoms with Crippen molar-refractivity contribution in [3.63, 3.8) is 0 Å². The number of likely N-dealkylation sites (N-methyl/N-ethyl adjacent to an activating group) is 1. The number of carbonyl (C=O) groups excluding carboxylic acids is 1. The van der Waals surface area contributed by atoms with Gasteiger partial charge in [-0.15, -0.1) is 0 Å². The highest BCUT2D eigenvalue weighted by Crippen LogP contribution is 2.40. The number of nitrogens with one attached hydrogen (secondary N) is 1. The summed E-state index contributed by atoms with van der Waals surface area (Å²) in [6.45, 7) is 2.56. The van der Waals surface area contributed by atoms with Gasteiger partial charge in [0.25, 0.3) is 5.91 Å². The van der Waals surface area contributed by atoms with Crippen LogP contribution in [-0.2, 0) is 0 Å². The molecule has 0 aliphatic heterocycles. The van der Waals surface area contributed by atoms with Gasteiger partial charge >= 0.3 is 0 Å². The van der Waals surface area contributed by atoms with Crippen LogP contribution in [0.2, 0.25) is 10.0 Å². The van der Waals surface area contributed by atoms with Crippen molar-refractivity contribution in [3.8, 4) is 11.5 Å². The van der Waals surface area contributed by atoms with Crippen LogP contribution in [-0.4, -0.2) is 51.7 Å². The molecule has 0 radical (unpaired) electrons. The minimum atomic E-state index is -0.335. The number of carbonyl (C=O) groups is 1. The number of rotatable bonds is 7. The van der Waals surface area contributed by atoms with Gasteiger partial charge in [-0.05, 0) is 26.6 Å². The first kappa shape index (κ1) is 18.9. The van der Waals surface area contributed by atoms with Crippen LogP contribution >= 0.6 is 23.2 Å². The predicted molar refractivity (Wildman–Crippen MR) is 89.7 cm³/mol. The first-order chi connectivity index (χ1) is 10.4. The Labute approximate surface area is 141 Å². The Hall–Kier alpha value is -1.17. The van der Waals surface area contributed by atoms with Crippen LogP contribution in [0.4, 0.5) is 0 Å². The average molecular weight is 349 g/mol. The van der Waals surface area contributed by atoms with Gasteiger partial charge in [-0.2, -0.15) is 0 Å². The Balaban J connectivity index is 3.11. The summed E-state index contributed by atoms with van der Waals surface area (Å²) in [7, 11) is 6.83. The lowest BCUT2D eigenvalue weighted by molar-refractivity contribution is 0.0935. The Bertz CT molecular complexity index is 508. The molecule has 5 nitrogen and oxygen atoms in total. The van der Waals surface area contributed by atoms with E-state index in [-0.39, 0.29) is 39.1 Å². The summed E-state index contributed by atoms with van der Waals surface area (Å²) < 4.78 is 10.5. The molecule has 22 heavy (non-hydrogen) atoms. The van der Waals surface area contributed by atoms with Crippen molar-refractivity contribution in [3.05, 3.63) is 21.7 Å². The van der Waals surface area contributed by atoms with Gasteiger partial charge in [0.2, 0.25) is 0 Å². The molecule has 7 heteroatoms. The number of hydrogen-bond donors (Lipinski definition) is 1. The fourth-order valence-corrected chi connectivity index (χ4v) is 2.80. The maximum Gasteiger partial charge on any atom is 0.259 e. The number of nitrogens with zero attached hydrogens (tertiary/aromatic N) is 1. The molecular weight excluding hydrogens is 327 g/mol. The maximum atomic E-state index is 12.5. The standard InChI is InChI=1S/C15H22Cl2N2O3/c1-6-9(19(2)3)8-18-15(20)12-13(21-4)10(16)7-11(17)14(12)22-5/h7,9H,6,8H2,1-5H3,(H,18,20). The van der Waals surface area contributed by atoms with Crippen molar-refractivity contribution >= 4 is 29.1 Å². The summed E-state index contributed by atoms with van der Waals surface area (Å²) in [6, 6.07) is 1.72. The molecule has 0 aromatic heterocycles. The second kappa shape index (κ2) is 8.46. The van der Waals surface area contributed by atoms with Crippen LogP contribution in [0.15, 0.2) is 6.07 Å². The zero-order valence-corrected chi connectivity index (χ0v) is 15.0. The molecule has 0 spiro atoms. The molecule has 0 saturated carbocycles. The van der Waals surface area contributed by atoms with Gasteiger partial charge in [0.15, 0.2) is 11.5 Å². The largest absolute Gasteiger partial charge is 0.494 e. The summed E-state index contributed by atoms with van der Waals surface area (Å²) in [5.74, 6) is 0.162. The predicted octanol–water partition coefficient (Wildman–Crippen LogP) is 3.08. The van der Waals surface area contributed by atoms with Crippen LogP contribution in [0.5, 0.6) is 11.5 Å². The fourth-order valence-electron chi connectivity index (χ4n) is 2.18. The molecule has 1 N–H and O–H groups in total. The fraction of sp³-hybridized carbons (Fsp3) is 0.533. The molecule has 1 aromatic carbocycles. The van der Waals surface area contributed by atoms with E-state index in [1.165, 1.54) is 20.3 Å². The van der Waals surface area contributed by atoms with Crippen molar-refractivity contribution in [1.29, 1.82) is 0 Å². The summed E-state index contributed by atoms with van der Waals surface area (Å²) in [5.41, 5.74) is 0.205. The Kier molecular flexibility index (Phi) is 7.26. The second-order valence-electron chi connectivity index (χ2n) is 5.02. The van der Waals surface area contributed by atoms with E-state index < -0.39 is 0 Å². The molecule has 1 atom stereocenters. The van der Waals surface area contributed by atoms with Gasteiger partial charge in [0.05, 0.1) is 24.3 Å². The van der Waals surface area contributed by atoms with Gasteiger partial charge in [-0.1, -0.05) is 30.1 Å². The molecular formula is C15H22Cl2N2O3. The van der Waals surface area contributed by atoms with Crippen LogP contribution in [0.1, 0.15) is 23.7 Å². The van der Waals surface area contributed by atoms with Gasteiger partial charge < -0.3 is 19.7 Å². The topological polar surface area (TPSA) is 50.8 Å². The minimum absolute atomic E-state index is 0.205. The first-order valence-electron chi connectivity index (χ1n) is 6.91. The van der Waals surface area contributed by atoms with Crippen molar-refractivity contribution in [2.75, 3.05) is 34.9 Å². The third-order valence-corrected chi connectivity index (χ3v) is 4.04. The monoisotopic (exact) mass is 348 g/mol. The smallest absolute Gasteiger partial charge is 0.259 e. The van der Waals surface area contributed by atoms with Gasteiger partial charge in [-0.3, -0.25) is 4.79 Å². The first-order valence-corrected chi connectivity index (χ1v) is 7.67. The number of hydrogen-bond acceptors (Lipinski definition) is 4. The molecule has 0 aliphatic rings. The van der Waals surface area contributed by atoms with E-state index in [9.17, 15) is 4.79 Å². The van der Waals surface area contributed by atoms with Gasteiger partial charge in [0, 0.05) is 12.6 Å². The van der Waals surface area contributed by atoms with Crippen LogP contribution in [0, 0.1) is 0 Å². The van der Waals surface area contributed by atoms with E-state index in [1.807, 2.05) is 14.1 Å². The van der Waals surface area contributed by atoms with E-state index in [0.29, 0.717) is 6.54 Å². The van der Waals surface area contributed by atoms with E-state index in [4.69, 9.17) is 32.7 Å². The lowest BCUT2D eigenvalue weighted by atomic mass is 10.1. The zero-order valence-electron chi connectivity index (χ0n) is 13.5. The third-order valence-electron chi connectivity index (χ3n) is 3.48. The molecule has 1 unspecified atom stereocenters. The lowest BCUT2D eigenvalue weighted by Crippen LogP contribution is -2.40. The van der Waals surface area contributed by atoms with Crippen LogP contribution < -0.4 is 14.8 Å². The summed E-state index contributed by atoms with van der Waals surface area (Å²) >= 11 is 12.2. The average Bonchev–Trinajstić information content (AvgIpc) is 2.46. The highest BCUT2D eigenvalue weighted by molar-refractivity contribution is 6.37. The molecule has 124 valence electrons. The van der Waals surface area contributed by atoms with Gasteiger partial charge in [-0.25, -0.2) is 0 Å². The summed E-state index contributed by atoms with van der Waals surface area (Å²) in [4.78, 5) is 14.6. The number of methoxy groups -OCH3 is 2. The van der Waals surface area contributed by atoms with E-state index in [1.54, 1.807) is 0 Å². The third kappa shape index (κ3) is 4.18. The highest BCUT2D eigenvalue weighted by atomic mass is 35.5. The van der Waals surface area contributed by atoms with Gasteiger partial charge in [0.1, 0.15) is 5.56 Å². The van der Waals surface area contributed by atoms with Crippen molar-refractivity contribution < 1.29 is 14.3 Å². The second-order valence-corrected chi connectivity index (χ2v) is 5.83. The van der Waals surface area contributed by atoms with E-state index in [0.717, 1.165) is 6.42 Å². The van der Waals surface area contributed by atoms with Crippen LogP contribution in [0.25, 0.3) is 0 Å². The van der Waals surface area contributed by atoms with E-state index in [2.05, 4.69) is 17.1 Å². The Morgan fingerprint density at radius 2 is 1.73 bits per heavy atom. The normalized spacial score (nSPS) is 12.2. The lowest BCUT2D eigenvalue weighted by Gasteiger charge is -2.23. The van der Waals surface area contributed by atoms with Crippen molar-refractivity contribution in [1.82, 2.24) is 10.2 Å². The zero-order chi connectivity index (χ0) is 16.9. The molecule has 0 heterocycles. The van der Waals surface area contributed by atoms with Crippen molar-refractivity contribution in [2.24, 2.45) is 0 Å². The number of amides is 1. The number of benzene rings is 1. The molecule has 1 rings (SSSR count).